The van der Waals surface area contributed by atoms with Crippen LogP contribution in [0.25, 0.3) is 0 Å². The second-order valence-electron chi connectivity index (χ2n) is 5.64. The lowest BCUT2D eigenvalue weighted by molar-refractivity contribution is 0.0679. The second-order valence-corrected chi connectivity index (χ2v) is 5.64. The first kappa shape index (κ1) is 16.9. The lowest BCUT2D eigenvalue weighted by Crippen LogP contribution is -2.17. The third-order valence-electron chi connectivity index (χ3n) is 3.75. The number of carboxylic acids is 1. The fourth-order valence-corrected chi connectivity index (χ4v) is 2.50. The van der Waals surface area contributed by atoms with Gasteiger partial charge in [-0.1, -0.05) is 12.1 Å². The van der Waals surface area contributed by atoms with E-state index in [1.54, 1.807) is 24.3 Å². The molecule has 1 aromatic carbocycles. The molecule has 1 aliphatic rings. The molecule has 0 spiro atoms. The van der Waals surface area contributed by atoms with Crippen LogP contribution in [0.2, 0.25) is 0 Å². The van der Waals surface area contributed by atoms with Gasteiger partial charge in [-0.3, -0.25) is 4.79 Å². The summed E-state index contributed by atoms with van der Waals surface area (Å²) in [5, 5.41) is 11.6. The van der Waals surface area contributed by atoms with E-state index in [-0.39, 0.29) is 17.5 Å². The monoisotopic (exact) mass is 342 g/mol. The number of hydrogen-bond acceptors (Lipinski definition) is 5. The van der Waals surface area contributed by atoms with Crippen LogP contribution in [0.5, 0.6) is 5.75 Å². The summed E-state index contributed by atoms with van der Waals surface area (Å²) in [4.78, 5) is 27.0. The molecule has 130 valence electrons. The summed E-state index contributed by atoms with van der Waals surface area (Å²) >= 11 is 0. The van der Waals surface area contributed by atoms with Gasteiger partial charge in [-0.25, -0.2) is 9.78 Å². The van der Waals surface area contributed by atoms with Gasteiger partial charge in [0, 0.05) is 18.4 Å². The van der Waals surface area contributed by atoms with Crippen molar-refractivity contribution in [1.82, 2.24) is 4.98 Å². The molecule has 0 radical (unpaired) electrons. The molecule has 0 bridgehead atoms. The number of carbonyl (C=O) groups excluding carboxylic acids is 1. The maximum Gasteiger partial charge on any atom is 0.354 e. The average Bonchev–Trinajstić information content (AvgIpc) is 3.14. The molecule has 7 heteroatoms. The van der Waals surface area contributed by atoms with E-state index in [0.717, 1.165) is 19.4 Å². The van der Waals surface area contributed by atoms with Crippen molar-refractivity contribution in [3.05, 3.63) is 53.9 Å². The van der Waals surface area contributed by atoms with Gasteiger partial charge in [0.05, 0.1) is 6.10 Å². The maximum atomic E-state index is 12.2. The Bertz CT molecular complexity index is 772. The summed E-state index contributed by atoms with van der Waals surface area (Å²) < 4.78 is 11.2. The summed E-state index contributed by atoms with van der Waals surface area (Å²) in [6, 6.07) is 11.3. The number of carbonyl (C=O) groups is 2. The Kier molecular flexibility index (Phi) is 5.25. The van der Waals surface area contributed by atoms with Crippen molar-refractivity contribution < 1.29 is 24.2 Å². The fraction of sp³-hybridized carbons (Fsp3) is 0.278. The van der Waals surface area contributed by atoms with Gasteiger partial charge in [0.2, 0.25) is 0 Å². The molecule has 2 heterocycles. The number of amides is 1. The topological polar surface area (TPSA) is 97.8 Å². The number of hydrogen-bond donors (Lipinski definition) is 2. The highest BCUT2D eigenvalue weighted by molar-refractivity contribution is 6.03. The molecule has 1 atom stereocenters. The van der Waals surface area contributed by atoms with E-state index in [0.29, 0.717) is 18.0 Å². The Hall–Kier alpha value is -2.93. The van der Waals surface area contributed by atoms with Crippen LogP contribution in [-0.2, 0) is 4.74 Å². The number of rotatable bonds is 6. The lowest BCUT2D eigenvalue weighted by atomic mass is 10.2. The third-order valence-corrected chi connectivity index (χ3v) is 3.75. The Morgan fingerprint density at radius 3 is 2.80 bits per heavy atom. The van der Waals surface area contributed by atoms with E-state index in [9.17, 15) is 9.59 Å². The fourth-order valence-electron chi connectivity index (χ4n) is 2.50. The number of pyridine rings is 1. The summed E-state index contributed by atoms with van der Waals surface area (Å²) in [7, 11) is 0. The molecule has 3 rings (SSSR count). The Morgan fingerprint density at radius 1 is 1.24 bits per heavy atom. The molecule has 1 unspecified atom stereocenters. The summed E-state index contributed by atoms with van der Waals surface area (Å²) in [5.74, 6) is -1.04. The van der Waals surface area contributed by atoms with Gasteiger partial charge in [-0.05, 0) is 37.1 Å². The van der Waals surface area contributed by atoms with Crippen molar-refractivity contribution in [2.24, 2.45) is 0 Å². The van der Waals surface area contributed by atoms with Crippen LogP contribution in [0.15, 0.2) is 42.5 Å². The minimum atomic E-state index is -1.18. The maximum absolute atomic E-state index is 12.2. The molecule has 1 saturated heterocycles. The van der Waals surface area contributed by atoms with Crippen molar-refractivity contribution in [3.63, 3.8) is 0 Å². The molecule has 1 amide bonds. The number of aromatic nitrogens is 1. The molecule has 0 aliphatic carbocycles. The van der Waals surface area contributed by atoms with E-state index in [1.165, 1.54) is 18.2 Å². The van der Waals surface area contributed by atoms with Crippen LogP contribution in [0.4, 0.5) is 5.69 Å². The van der Waals surface area contributed by atoms with Crippen molar-refractivity contribution in [2.75, 3.05) is 18.5 Å². The normalized spacial score (nSPS) is 16.4. The van der Waals surface area contributed by atoms with Crippen LogP contribution < -0.4 is 10.1 Å². The summed E-state index contributed by atoms with van der Waals surface area (Å²) in [6.07, 6.45) is 2.15. The molecule has 2 aromatic rings. The predicted octanol–water partition coefficient (Wildman–Crippen LogP) is 2.59. The van der Waals surface area contributed by atoms with Gasteiger partial charge >= 0.3 is 5.97 Å². The average molecular weight is 342 g/mol. The largest absolute Gasteiger partial charge is 0.491 e. The molecule has 25 heavy (non-hydrogen) atoms. The van der Waals surface area contributed by atoms with E-state index in [1.807, 2.05) is 0 Å². The highest BCUT2D eigenvalue weighted by atomic mass is 16.5. The zero-order valence-electron chi connectivity index (χ0n) is 13.5. The molecular formula is C18H18N2O5. The third kappa shape index (κ3) is 4.54. The minimum Gasteiger partial charge on any atom is -0.491 e. The zero-order chi connectivity index (χ0) is 17.6. The van der Waals surface area contributed by atoms with Crippen LogP contribution in [-0.4, -0.2) is 41.3 Å². The van der Waals surface area contributed by atoms with Gasteiger partial charge in [-0.2, -0.15) is 0 Å². The summed E-state index contributed by atoms with van der Waals surface area (Å²) in [6.45, 7) is 1.24. The van der Waals surface area contributed by atoms with E-state index in [2.05, 4.69) is 10.3 Å². The zero-order valence-corrected chi connectivity index (χ0v) is 13.5. The molecule has 2 N–H and O–H groups in total. The van der Waals surface area contributed by atoms with Crippen molar-refractivity contribution in [1.29, 1.82) is 0 Å². The number of nitrogens with one attached hydrogen (secondary N) is 1. The Labute approximate surface area is 144 Å². The number of anilines is 1. The molecule has 1 fully saturated rings. The second kappa shape index (κ2) is 7.76. The number of ether oxygens (including phenoxy) is 2. The van der Waals surface area contributed by atoms with E-state index >= 15 is 0 Å². The number of benzene rings is 1. The molecule has 0 saturated carbocycles. The number of carboxylic acid groups (broad SMARTS) is 1. The van der Waals surface area contributed by atoms with Crippen LogP contribution >= 0.6 is 0 Å². The SMILES string of the molecule is O=C(O)c1cccc(C(=O)Nc2cccc(OCC3CCCO3)c2)n1. The number of aromatic carboxylic acids is 1. The van der Waals surface area contributed by atoms with Crippen molar-refractivity contribution in [3.8, 4) is 5.75 Å². The standard InChI is InChI=1S/C18H18N2O5/c21-17(15-7-2-8-16(20-15)18(22)23)19-12-4-1-5-13(10-12)25-11-14-6-3-9-24-14/h1-2,4-5,7-8,10,14H,3,6,9,11H2,(H,19,21)(H,22,23). The molecule has 1 aromatic heterocycles. The van der Waals surface area contributed by atoms with Crippen molar-refractivity contribution >= 4 is 17.6 Å². The highest BCUT2D eigenvalue weighted by Gasteiger charge is 2.16. The first-order valence-electron chi connectivity index (χ1n) is 7.98. The van der Waals surface area contributed by atoms with Crippen LogP contribution in [0.1, 0.15) is 33.8 Å². The van der Waals surface area contributed by atoms with E-state index in [4.69, 9.17) is 14.6 Å². The molecule has 1 aliphatic heterocycles. The first-order valence-corrected chi connectivity index (χ1v) is 7.98. The Balaban J connectivity index is 1.63. The Morgan fingerprint density at radius 2 is 2.04 bits per heavy atom. The molecule has 7 nitrogen and oxygen atoms in total. The van der Waals surface area contributed by atoms with Crippen molar-refractivity contribution in [2.45, 2.75) is 18.9 Å². The van der Waals surface area contributed by atoms with E-state index < -0.39 is 11.9 Å². The highest BCUT2D eigenvalue weighted by Crippen LogP contribution is 2.20. The van der Waals surface area contributed by atoms with Gasteiger partial charge < -0.3 is 19.9 Å². The predicted molar refractivity (Wildman–Crippen MR) is 90.1 cm³/mol. The number of nitrogens with zero attached hydrogens (tertiary/aromatic N) is 1. The quantitative estimate of drug-likeness (QED) is 0.837. The minimum absolute atomic E-state index is 0.0329. The smallest absolute Gasteiger partial charge is 0.354 e. The lowest BCUT2D eigenvalue weighted by Gasteiger charge is -2.12. The van der Waals surface area contributed by atoms with Gasteiger partial charge in [0.1, 0.15) is 23.7 Å². The molecular weight excluding hydrogens is 324 g/mol. The van der Waals surface area contributed by atoms with Crippen LogP contribution in [0, 0.1) is 0 Å². The first-order chi connectivity index (χ1) is 12.1. The van der Waals surface area contributed by atoms with Gasteiger partial charge in [0.25, 0.3) is 5.91 Å². The van der Waals surface area contributed by atoms with Gasteiger partial charge in [0.15, 0.2) is 0 Å². The van der Waals surface area contributed by atoms with Crippen LogP contribution in [0.3, 0.4) is 0 Å². The summed E-state index contributed by atoms with van der Waals surface area (Å²) in [5.41, 5.74) is 0.393. The van der Waals surface area contributed by atoms with Gasteiger partial charge in [-0.15, -0.1) is 0 Å².